The molecule has 0 unspecified atom stereocenters. The van der Waals surface area contributed by atoms with Crippen molar-refractivity contribution in [3.8, 4) is 5.75 Å². The molecule has 0 N–H and O–H groups in total. The first-order valence-corrected chi connectivity index (χ1v) is 5.21. The maximum absolute atomic E-state index is 11.4. The minimum absolute atomic E-state index is 0.115. The number of benzene rings is 1. The normalized spacial score (nSPS) is 20.0. The van der Waals surface area contributed by atoms with Crippen LogP contribution in [0.15, 0.2) is 36.1 Å². The average Bonchev–Trinajstić information content (AvgIpc) is 2.28. The molecule has 1 aromatic carbocycles. The molecule has 0 aliphatic carbocycles. The lowest BCUT2D eigenvalue weighted by molar-refractivity contribution is -0.118. The number of allylic oxidation sites excluding steroid dienone is 2. The standard InChI is InChI=1S/C13H14O3/c1-9-7-11(14)8-13(16-9)10-3-5-12(15-2)6-4-10/h3-7,13H,8H2,1-2H3/t13-/m0/s1. The summed E-state index contributed by atoms with van der Waals surface area (Å²) in [6, 6.07) is 7.60. The van der Waals surface area contributed by atoms with Gasteiger partial charge in [0.1, 0.15) is 11.9 Å². The first kappa shape index (κ1) is 10.7. The number of ether oxygens (including phenoxy) is 2. The fraction of sp³-hybridized carbons (Fsp3) is 0.308. The fourth-order valence-corrected chi connectivity index (χ4v) is 1.77. The van der Waals surface area contributed by atoms with E-state index in [1.165, 1.54) is 0 Å². The molecule has 1 atom stereocenters. The summed E-state index contributed by atoms with van der Waals surface area (Å²) < 4.78 is 10.7. The second kappa shape index (κ2) is 4.39. The molecule has 1 aliphatic heterocycles. The quantitative estimate of drug-likeness (QED) is 0.765. The van der Waals surface area contributed by atoms with Crippen molar-refractivity contribution in [2.75, 3.05) is 7.11 Å². The Morgan fingerprint density at radius 1 is 1.31 bits per heavy atom. The smallest absolute Gasteiger partial charge is 0.163 e. The Hall–Kier alpha value is -1.77. The lowest BCUT2D eigenvalue weighted by atomic mass is 10.0. The first-order valence-electron chi connectivity index (χ1n) is 5.21. The third-order valence-electron chi connectivity index (χ3n) is 2.57. The Labute approximate surface area is 94.7 Å². The summed E-state index contributed by atoms with van der Waals surface area (Å²) in [5, 5.41) is 0. The number of carbonyl (C=O) groups is 1. The van der Waals surface area contributed by atoms with Gasteiger partial charge in [0.15, 0.2) is 5.78 Å². The highest BCUT2D eigenvalue weighted by Crippen LogP contribution is 2.29. The minimum atomic E-state index is -0.164. The maximum Gasteiger partial charge on any atom is 0.163 e. The van der Waals surface area contributed by atoms with Crippen molar-refractivity contribution in [3.63, 3.8) is 0 Å². The Bertz CT molecular complexity index is 417. The molecule has 3 heteroatoms. The van der Waals surface area contributed by atoms with Gasteiger partial charge in [-0.15, -0.1) is 0 Å². The van der Waals surface area contributed by atoms with Crippen molar-refractivity contribution in [2.24, 2.45) is 0 Å². The van der Waals surface area contributed by atoms with E-state index in [1.807, 2.05) is 24.3 Å². The lowest BCUT2D eigenvalue weighted by Gasteiger charge is -2.22. The Kier molecular flexibility index (Phi) is 2.95. The van der Waals surface area contributed by atoms with Gasteiger partial charge in [0, 0.05) is 6.08 Å². The van der Waals surface area contributed by atoms with Crippen LogP contribution in [0.3, 0.4) is 0 Å². The molecule has 3 nitrogen and oxygen atoms in total. The van der Waals surface area contributed by atoms with Gasteiger partial charge in [-0.1, -0.05) is 12.1 Å². The third kappa shape index (κ3) is 2.24. The van der Waals surface area contributed by atoms with E-state index in [0.29, 0.717) is 12.2 Å². The van der Waals surface area contributed by atoms with Crippen LogP contribution in [-0.2, 0) is 9.53 Å². The van der Waals surface area contributed by atoms with Crippen molar-refractivity contribution < 1.29 is 14.3 Å². The molecule has 1 aromatic rings. The second-order valence-electron chi connectivity index (χ2n) is 3.81. The molecule has 0 spiro atoms. The predicted octanol–water partition coefficient (Wildman–Crippen LogP) is 2.63. The van der Waals surface area contributed by atoms with E-state index in [1.54, 1.807) is 20.1 Å². The van der Waals surface area contributed by atoms with Crippen LogP contribution in [0.25, 0.3) is 0 Å². The number of methoxy groups -OCH3 is 1. The molecular formula is C13H14O3. The van der Waals surface area contributed by atoms with Gasteiger partial charge < -0.3 is 9.47 Å². The molecule has 16 heavy (non-hydrogen) atoms. The summed E-state index contributed by atoms with van der Waals surface area (Å²) in [5.74, 6) is 1.60. The van der Waals surface area contributed by atoms with E-state index in [9.17, 15) is 4.79 Å². The van der Waals surface area contributed by atoms with Gasteiger partial charge in [0.25, 0.3) is 0 Å². The van der Waals surface area contributed by atoms with Gasteiger partial charge >= 0.3 is 0 Å². The summed E-state index contributed by atoms with van der Waals surface area (Å²) >= 11 is 0. The summed E-state index contributed by atoms with van der Waals surface area (Å²) in [7, 11) is 1.63. The SMILES string of the molecule is COc1ccc([C@@H]2CC(=O)C=C(C)O2)cc1. The largest absolute Gasteiger partial charge is 0.497 e. The Balaban J connectivity index is 2.18. The lowest BCUT2D eigenvalue weighted by Crippen LogP contribution is -2.14. The van der Waals surface area contributed by atoms with Crippen molar-refractivity contribution in [3.05, 3.63) is 41.7 Å². The fourth-order valence-electron chi connectivity index (χ4n) is 1.77. The minimum Gasteiger partial charge on any atom is -0.497 e. The Morgan fingerprint density at radius 3 is 2.56 bits per heavy atom. The number of rotatable bonds is 2. The average molecular weight is 218 g/mol. The molecule has 0 fully saturated rings. The van der Waals surface area contributed by atoms with E-state index in [-0.39, 0.29) is 11.9 Å². The van der Waals surface area contributed by atoms with E-state index >= 15 is 0 Å². The Morgan fingerprint density at radius 2 is 2.00 bits per heavy atom. The molecule has 0 saturated carbocycles. The van der Waals surface area contributed by atoms with E-state index in [0.717, 1.165) is 11.3 Å². The molecule has 1 aliphatic rings. The first-order chi connectivity index (χ1) is 7.69. The molecule has 0 radical (unpaired) electrons. The van der Waals surface area contributed by atoms with Crippen LogP contribution in [-0.4, -0.2) is 12.9 Å². The third-order valence-corrected chi connectivity index (χ3v) is 2.57. The highest BCUT2D eigenvalue weighted by atomic mass is 16.5. The van der Waals surface area contributed by atoms with Crippen LogP contribution < -0.4 is 4.74 Å². The summed E-state index contributed by atoms with van der Waals surface area (Å²) in [6.07, 6.45) is 1.78. The summed E-state index contributed by atoms with van der Waals surface area (Å²) in [4.78, 5) is 11.4. The van der Waals surface area contributed by atoms with Crippen LogP contribution in [0.2, 0.25) is 0 Å². The van der Waals surface area contributed by atoms with Crippen molar-refractivity contribution >= 4 is 5.78 Å². The zero-order chi connectivity index (χ0) is 11.5. The number of ketones is 1. The van der Waals surface area contributed by atoms with E-state index in [2.05, 4.69) is 0 Å². The number of carbonyl (C=O) groups excluding carboxylic acids is 1. The highest BCUT2D eigenvalue weighted by Gasteiger charge is 2.21. The van der Waals surface area contributed by atoms with Crippen LogP contribution in [0.5, 0.6) is 5.75 Å². The molecule has 0 bridgehead atoms. The molecule has 0 saturated heterocycles. The molecule has 0 aromatic heterocycles. The zero-order valence-electron chi connectivity index (χ0n) is 9.40. The van der Waals surface area contributed by atoms with Gasteiger partial charge in [-0.05, 0) is 24.6 Å². The summed E-state index contributed by atoms with van der Waals surface area (Å²) in [5.41, 5.74) is 1.00. The highest BCUT2D eigenvalue weighted by molar-refractivity contribution is 5.91. The second-order valence-corrected chi connectivity index (χ2v) is 3.81. The van der Waals surface area contributed by atoms with Gasteiger partial charge in [0.2, 0.25) is 0 Å². The molecule has 1 heterocycles. The monoisotopic (exact) mass is 218 g/mol. The predicted molar refractivity (Wildman–Crippen MR) is 60.2 cm³/mol. The molecule has 0 amide bonds. The van der Waals surface area contributed by atoms with Crippen LogP contribution >= 0.6 is 0 Å². The van der Waals surface area contributed by atoms with Crippen LogP contribution in [0.4, 0.5) is 0 Å². The van der Waals surface area contributed by atoms with Gasteiger partial charge in [-0.3, -0.25) is 4.79 Å². The van der Waals surface area contributed by atoms with E-state index < -0.39 is 0 Å². The summed E-state index contributed by atoms with van der Waals surface area (Å²) in [6.45, 7) is 1.80. The van der Waals surface area contributed by atoms with Crippen LogP contribution in [0, 0.1) is 0 Å². The molecular weight excluding hydrogens is 204 g/mol. The van der Waals surface area contributed by atoms with Crippen molar-refractivity contribution in [2.45, 2.75) is 19.4 Å². The van der Waals surface area contributed by atoms with Gasteiger partial charge in [0.05, 0.1) is 19.3 Å². The van der Waals surface area contributed by atoms with Gasteiger partial charge in [-0.25, -0.2) is 0 Å². The zero-order valence-corrected chi connectivity index (χ0v) is 9.40. The van der Waals surface area contributed by atoms with E-state index in [4.69, 9.17) is 9.47 Å². The molecule has 2 rings (SSSR count). The van der Waals surface area contributed by atoms with Gasteiger partial charge in [-0.2, -0.15) is 0 Å². The maximum atomic E-state index is 11.4. The molecule has 84 valence electrons. The number of hydrogen-bond acceptors (Lipinski definition) is 3. The van der Waals surface area contributed by atoms with Crippen LogP contribution in [0.1, 0.15) is 25.0 Å². The topological polar surface area (TPSA) is 35.5 Å². The van der Waals surface area contributed by atoms with Crippen molar-refractivity contribution in [1.29, 1.82) is 0 Å². The van der Waals surface area contributed by atoms with Crippen molar-refractivity contribution in [1.82, 2.24) is 0 Å². The number of hydrogen-bond donors (Lipinski definition) is 0.